The summed E-state index contributed by atoms with van der Waals surface area (Å²) < 4.78 is 31.6. The molecule has 2 aromatic carbocycles. The van der Waals surface area contributed by atoms with Crippen LogP contribution in [0.5, 0.6) is 0 Å². The second-order valence-corrected chi connectivity index (χ2v) is 9.18. The topological polar surface area (TPSA) is 79.0 Å². The van der Waals surface area contributed by atoms with Crippen molar-refractivity contribution in [2.75, 3.05) is 45.3 Å². The third kappa shape index (κ3) is 5.79. The minimum atomic E-state index is -3.38. The van der Waals surface area contributed by atoms with E-state index in [0.717, 1.165) is 11.3 Å². The number of carbonyl (C=O) groups excluding carboxylic acids is 1. The van der Waals surface area contributed by atoms with Crippen LogP contribution in [0.2, 0.25) is 0 Å². The zero-order valence-corrected chi connectivity index (χ0v) is 17.6. The molecule has 1 aliphatic rings. The smallest absolute Gasteiger partial charge is 0.251 e. The first-order valence-corrected chi connectivity index (χ1v) is 11.1. The molecule has 0 spiro atoms. The first kappa shape index (κ1) is 21.3. The average molecular weight is 418 g/mol. The second kappa shape index (κ2) is 9.39. The van der Waals surface area contributed by atoms with E-state index in [-0.39, 0.29) is 11.7 Å². The predicted molar refractivity (Wildman–Crippen MR) is 113 cm³/mol. The molecule has 8 heteroatoms. The van der Waals surface area contributed by atoms with E-state index < -0.39 is 10.0 Å². The van der Waals surface area contributed by atoms with Crippen molar-refractivity contribution in [1.29, 1.82) is 0 Å². The van der Waals surface area contributed by atoms with Gasteiger partial charge < -0.3 is 15.0 Å². The summed E-state index contributed by atoms with van der Waals surface area (Å²) in [5, 5.41) is 2.89. The largest absolute Gasteiger partial charge is 0.379 e. The number of benzene rings is 2. The molecule has 7 nitrogen and oxygen atoms in total. The van der Waals surface area contributed by atoms with Crippen LogP contribution >= 0.6 is 0 Å². The van der Waals surface area contributed by atoms with Gasteiger partial charge >= 0.3 is 0 Å². The fourth-order valence-electron chi connectivity index (χ4n) is 3.08. The van der Waals surface area contributed by atoms with Gasteiger partial charge in [-0.3, -0.25) is 4.79 Å². The third-order valence-electron chi connectivity index (χ3n) is 4.83. The zero-order chi connectivity index (χ0) is 20.9. The molecule has 0 saturated carbocycles. The molecule has 1 fully saturated rings. The summed E-state index contributed by atoms with van der Waals surface area (Å²) in [4.78, 5) is 14.4. The van der Waals surface area contributed by atoms with Crippen LogP contribution in [-0.4, -0.2) is 59.0 Å². The molecule has 0 bridgehead atoms. The Kier molecular flexibility index (Phi) is 6.89. The average Bonchev–Trinajstić information content (AvgIpc) is 2.73. The fourth-order valence-corrected chi connectivity index (χ4v) is 4.58. The molecule has 0 aliphatic carbocycles. The number of nitrogens with one attached hydrogen (secondary N) is 1. The maximum atomic E-state index is 12.5. The molecule has 156 valence electrons. The number of amides is 1. The van der Waals surface area contributed by atoms with Gasteiger partial charge in [0.25, 0.3) is 5.91 Å². The van der Waals surface area contributed by atoms with Gasteiger partial charge in [-0.05, 0) is 35.4 Å². The molecule has 1 aliphatic heterocycles. The summed E-state index contributed by atoms with van der Waals surface area (Å²) in [5.74, 6) is -0.267. The van der Waals surface area contributed by atoms with Crippen molar-refractivity contribution in [3.05, 3.63) is 65.2 Å². The number of nitrogens with zero attached hydrogens (tertiary/aromatic N) is 2. The van der Waals surface area contributed by atoms with Gasteiger partial charge in [0.1, 0.15) is 0 Å². The minimum absolute atomic E-state index is 0.0763. The maximum Gasteiger partial charge on any atom is 0.251 e. The van der Waals surface area contributed by atoms with Gasteiger partial charge in [-0.15, -0.1) is 0 Å². The molecule has 0 atom stereocenters. The first-order chi connectivity index (χ1) is 13.8. The molecule has 0 unspecified atom stereocenters. The van der Waals surface area contributed by atoms with E-state index in [1.54, 1.807) is 24.3 Å². The summed E-state index contributed by atoms with van der Waals surface area (Å²) >= 11 is 0. The Balaban J connectivity index is 1.55. The first-order valence-electron chi connectivity index (χ1n) is 9.54. The molecule has 0 radical (unpaired) electrons. The van der Waals surface area contributed by atoms with E-state index in [2.05, 4.69) is 5.32 Å². The quantitative estimate of drug-likeness (QED) is 0.744. The highest BCUT2D eigenvalue weighted by atomic mass is 32.2. The van der Waals surface area contributed by atoms with E-state index in [1.165, 1.54) is 4.31 Å². The molecule has 3 rings (SSSR count). The van der Waals surface area contributed by atoms with Crippen LogP contribution in [-0.2, 0) is 27.1 Å². The zero-order valence-electron chi connectivity index (χ0n) is 16.8. The Morgan fingerprint density at radius 3 is 2.17 bits per heavy atom. The Morgan fingerprint density at radius 2 is 1.59 bits per heavy atom. The number of hydrogen-bond acceptors (Lipinski definition) is 5. The van der Waals surface area contributed by atoms with E-state index in [1.807, 2.05) is 43.3 Å². The van der Waals surface area contributed by atoms with Gasteiger partial charge in [0.05, 0.1) is 19.0 Å². The van der Waals surface area contributed by atoms with E-state index in [4.69, 9.17) is 4.74 Å². The predicted octanol–water partition coefficient (Wildman–Crippen LogP) is 1.84. The van der Waals surface area contributed by atoms with Crippen LogP contribution in [0.25, 0.3) is 0 Å². The lowest BCUT2D eigenvalue weighted by atomic mass is 10.1. The lowest BCUT2D eigenvalue weighted by Gasteiger charge is -2.26. The van der Waals surface area contributed by atoms with Gasteiger partial charge in [-0.2, -0.15) is 4.31 Å². The van der Waals surface area contributed by atoms with Crippen LogP contribution in [0.15, 0.2) is 48.5 Å². The molecule has 0 aromatic heterocycles. The SMILES string of the molecule is CN(C)c1ccc(CNC(=O)c2ccc(CS(=O)(=O)N3CCOCC3)cc2)cc1. The van der Waals surface area contributed by atoms with Crippen LogP contribution in [0.4, 0.5) is 5.69 Å². The number of rotatable bonds is 7. The fraction of sp³-hybridized carbons (Fsp3) is 0.381. The molecule has 1 amide bonds. The van der Waals surface area contributed by atoms with Crippen molar-refractivity contribution in [3.8, 4) is 0 Å². The van der Waals surface area contributed by atoms with Gasteiger partial charge in [-0.1, -0.05) is 24.3 Å². The van der Waals surface area contributed by atoms with Gasteiger partial charge in [-0.25, -0.2) is 8.42 Å². The number of anilines is 1. The maximum absolute atomic E-state index is 12.5. The molecule has 29 heavy (non-hydrogen) atoms. The van der Waals surface area contributed by atoms with Crippen LogP contribution < -0.4 is 10.2 Å². The van der Waals surface area contributed by atoms with Crippen molar-refractivity contribution in [2.45, 2.75) is 12.3 Å². The molecule has 1 heterocycles. The summed E-state index contributed by atoms with van der Waals surface area (Å²) in [6, 6.07) is 14.7. The van der Waals surface area contributed by atoms with E-state index in [9.17, 15) is 13.2 Å². The lowest BCUT2D eigenvalue weighted by molar-refractivity contribution is 0.0729. The minimum Gasteiger partial charge on any atom is -0.379 e. The van der Waals surface area contributed by atoms with Crippen molar-refractivity contribution in [2.24, 2.45) is 0 Å². The summed E-state index contributed by atoms with van der Waals surface area (Å²) in [6.07, 6.45) is 0. The van der Waals surface area contributed by atoms with E-state index >= 15 is 0 Å². The lowest BCUT2D eigenvalue weighted by Crippen LogP contribution is -2.41. The van der Waals surface area contributed by atoms with Crippen molar-refractivity contribution in [1.82, 2.24) is 9.62 Å². The number of sulfonamides is 1. The summed E-state index contributed by atoms with van der Waals surface area (Å²) in [6.45, 7) is 2.06. The second-order valence-electron chi connectivity index (χ2n) is 7.21. The highest BCUT2D eigenvalue weighted by Gasteiger charge is 2.24. The third-order valence-corrected chi connectivity index (χ3v) is 6.68. The molecule has 1 N–H and O–H groups in total. The van der Waals surface area contributed by atoms with Crippen molar-refractivity contribution < 1.29 is 17.9 Å². The molecular formula is C21H27N3O4S. The Morgan fingerprint density at radius 1 is 1.00 bits per heavy atom. The number of carbonyl (C=O) groups is 1. The van der Waals surface area contributed by atoms with Crippen LogP contribution in [0, 0.1) is 0 Å². The highest BCUT2D eigenvalue weighted by Crippen LogP contribution is 2.15. The Hall–Kier alpha value is -2.42. The number of ether oxygens (including phenoxy) is 1. The van der Waals surface area contributed by atoms with Crippen molar-refractivity contribution >= 4 is 21.6 Å². The van der Waals surface area contributed by atoms with Crippen molar-refractivity contribution in [3.63, 3.8) is 0 Å². The standard InChI is InChI=1S/C21H27N3O4S/c1-23(2)20-9-5-17(6-10-20)15-22-21(25)19-7-3-18(4-8-19)16-29(26,27)24-11-13-28-14-12-24/h3-10H,11-16H2,1-2H3,(H,22,25). The van der Waals surface area contributed by atoms with Gasteiger partial charge in [0, 0.05) is 45.0 Å². The molecule has 2 aromatic rings. The molecule has 1 saturated heterocycles. The summed E-state index contributed by atoms with van der Waals surface area (Å²) in [5.41, 5.74) is 3.27. The van der Waals surface area contributed by atoms with Gasteiger partial charge in [0.15, 0.2) is 0 Å². The summed E-state index contributed by atoms with van der Waals surface area (Å²) in [7, 11) is 0.581. The number of hydrogen-bond donors (Lipinski definition) is 1. The molecular weight excluding hydrogens is 390 g/mol. The van der Waals surface area contributed by atoms with Crippen LogP contribution in [0.1, 0.15) is 21.5 Å². The Bertz CT molecular complexity index is 919. The van der Waals surface area contributed by atoms with Gasteiger partial charge in [0.2, 0.25) is 10.0 Å². The Labute approximate surface area is 172 Å². The highest BCUT2D eigenvalue weighted by molar-refractivity contribution is 7.88. The number of morpholine rings is 1. The normalized spacial score (nSPS) is 15.1. The van der Waals surface area contributed by atoms with Crippen LogP contribution in [0.3, 0.4) is 0 Å². The monoisotopic (exact) mass is 417 g/mol. The van der Waals surface area contributed by atoms with E-state index in [0.29, 0.717) is 44.0 Å².